The van der Waals surface area contributed by atoms with Gasteiger partial charge in [-0.2, -0.15) is 15.0 Å². The van der Waals surface area contributed by atoms with Gasteiger partial charge in [0, 0.05) is 19.6 Å². The number of esters is 1. The number of nitrogens with zero attached hydrogens (tertiary/aromatic N) is 4. The first-order valence-corrected chi connectivity index (χ1v) is 8.97. The molecule has 144 valence electrons. The number of carbonyl (C=O) groups excluding carboxylic acids is 1. The smallest absolute Gasteiger partial charge is 0.338 e. The molecule has 1 fully saturated rings. The summed E-state index contributed by atoms with van der Waals surface area (Å²) in [7, 11) is 0. The van der Waals surface area contributed by atoms with E-state index < -0.39 is 0 Å². The summed E-state index contributed by atoms with van der Waals surface area (Å²) in [6, 6.07) is 6.83. The van der Waals surface area contributed by atoms with Gasteiger partial charge in [-0.15, -0.1) is 0 Å². The van der Waals surface area contributed by atoms with Crippen molar-refractivity contribution in [2.45, 2.75) is 13.8 Å². The highest BCUT2D eigenvalue weighted by molar-refractivity contribution is 5.89. The number of rotatable bonds is 7. The molecule has 1 N–H and O–H groups in total. The second-order valence-electron chi connectivity index (χ2n) is 5.72. The fourth-order valence-electron chi connectivity index (χ4n) is 2.51. The maximum absolute atomic E-state index is 11.7. The van der Waals surface area contributed by atoms with Crippen LogP contribution in [0.1, 0.15) is 24.2 Å². The summed E-state index contributed by atoms with van der Waals surface area (Å²) in [6.45, 7) is 7.44. The van der Waals surface area contributed by atoms with E-state index in [0.717, 1.165) is 0 Å². The lowest BCUT2D eigenvalue weighted by molar-refractivity contribution is 0.0526. The summed E-state index contributed by atoms with van der Waals surface area (Å²) in [5, 5.41) is 3.09. The van der Waals surface area contributed by atoms with Crippen LogP contribution in [0.15, 0.2) is 24.3 Å². The molecule has 1 aliphatic heterocycles. The Morgan fingerprint density at radius 3 is 2.56 bits per heavy atom. The van der Waals surface area contributed by atoms with E-state index in [1.165, 1.54) is 0 Å². The first-order chi connectivity index (χ1) is 13.2. The van der Waals surface area contributed by atoms with Crippen LogP contribution in [-0.4, -0.2) is 60.4 Å². The highest BCUT2D eigenvalue weighted by Gasteiger charge is 2.17. The van der Waals surface area contributed by atoms with Gasteiger partial charge in [-0.3, -0.25) is 0 Å². The van der Waals surface area contributed by atoms with E-state index in [0.29, 0.717) is 62.7 Å². The highest BCUT2D eigenvalue weighted by atomic mass is 16.5. The fraction of sp³-hybridized carbons (Fsp3) is 0.444. The number of anilines is 2. The third kappa shape index (κ3) is 5.04. The molecule has 0 bridgehead atoms. The maximum atomic E-state index is 11.7. The largest absolute Gasteiger partial charge is 0.462 e. The van der Waals surface area contributed by atoms with Crippen LogP contribution in [0.5, 0.6) is 11.8 Å². The number of hydrogen-bond acceptors (Lipinski definition) is 9. The predicted molar refractivity (Wildman–Crippen MR) is 99.5 cm³/mol. The van der Waals surface area contributed by atoms with E-state index in [1.54, 1.807) is 31.2 Å². The average molecular weight is 373 g/mol. The first kappa shape index (κ1) is 18.8. The molecule has 0 atom stereocenters. The molecule has 0 aliphatic carbocycles. The van der Waals surface area contributed by atoms with Crippen molar-refractivity contribution in [3.8, 4) is 11.8 Å². The Labute approximate surface area is 157 Å². The number of carbonyl (C=O) groups is 1. The molecule has 1 aliphatic rings. The third-order valence-electron chi connectivity index (χ3n) is 3.81. The molecule has 1 aromatic heterocycles. The van der Waals surface area contributed by atoms with Crippen molar-refractivity contribution in [3.05, 3.63) is 29.8 Å². The van der Waals surface area contributed by atoms with Crippen molar-refractivity contribution in [1.29, 1.82) is 0 Å². The Balaban J connectivity index is 1.78. The lowest BCUT2D eigenvalue weighted by Gasteiger charge is -2.26. The molecule has 0 amide bonds. The Kier molecular flexibility index (Phi) is 6.37. The van der Waals surface area contributed by atoms with Gasteiger partial charge >= 0.3 is 12.0 Å². The van der Waals surface area contributed by atoms with Crippen molar-refractivity contribution >= 4 is 17.9 Å². The molecule has 1 aromatic carbocycles. The topological polar surface area (TPSA) is 98.7 Å². The number of hydrogen-bond donors (Lipinski definition) is 1. The Morgan fingerprint density at radius 1 is 1.15 bits per heavy atom. The van der Waals surface area contributed by atoms with Crippen molar-refractivity contribution in [1.82, 2.24) is 15.0 Å². The first-order valence-electron chi connectivity index (χ1n) is 8.97. The van der Waals surface area contributed by atoms with Gasteiger partial charge in [-0.05, 0) is 38.1 Å². The van der Waals surface area contributed by atoms with E-state index in [1.807, 2.05) is 11.8 Å². The normalized spacial score (nSPS) is 13.9. The van der Waals surface area contributed by atoms with Crippen LogP contribution in [0.3, 0.4) is 0 Å². The standard InChI is InChI=1S/C18H23N5O4/c1-3-19-16-20-17(23-9-11-25-12-10-23)22-18(21-16)27-14-7-5-13(6-8-14)15(24)26-4-2/h5-8H,3-4,9-12H2,1-2H3,(H,19,20,21,22). The zero-order valence-corrected chi connectivity index (χ0v) is 15.5. The second-order valence-corrected chi connectivity index (χ2v) is 5.72. The number of nitrogens with one attached hydrogen (secondary N) is 1. The van der Waals surface area contributed by atoms with Crippen LogP contribution in [0, 0.1) is 0 Å². The van der Waals surface area contributed by atoms with E-state index in [4.69, 9.17) is 14.2 Å². The van der Waals surface area contributed by atoms with Crippen LogP contribution >= 0.6 is 0 Å². The Hall–Kier alpha value is -2.94. The summed E-state index contributed by atoms with van der Waals surface area (Å²) in [6.07, 6.45) is 0. The highest BCUT2D eigenvalue weighted by Crippen LogP contribution is 2.22. The second kappa shape index (κ2) is 9.13. The van der Waals surface area contributed by atoms with Crippen molar-refractivity contribution in [3.63, 3.8) is 0 Å². The van der Waals surface area contributed by atoms with Gasteiger partial charge in [0.15, 0.2) is 0 Å². The predicted octanol–water partition coefficient (Wildman–Crippen LogP) is 2.11. The lowest BCUT2D eigenvalue weighted by Crippen LogP contribution is -2.37. The van der Waals surface area contributed by atoms with E-state index in [9.17, 15) is 4.79 Å². The van der Waals surface area contributed by atoms with E-state index in [2.05, 4.69) is 20.3 Å². The Morgan fingerprint density at radius 2 is 1.89 bits per heavy atom. The minimum atomic E-state index is -0.367. The number of ether oxygens (including phenoxy) is 3. The van der Waals surface area contributed by atoms with Crippen LogP contribution in [0.2, 0.25) is 0 Å². The monoisotopic (exact) mass is 373 g/mol. The van der Waals surface area contributed by atoms with E-state index >= 15 is 0 Å². The molecule has 0 unspecified atom stereocenters. The average Bonchev–Trinajstić information content (AvgIpc) is 2.69. The van der Waals surface area contributed by atoms with Crippen LogP contribution < -0.4 is 15.0 Å². The number of aromatic nitrogens is 3. The summed E-state index contributed by atoms with van der Waals surface area (Å²) < 4.78 is 16.1. The van der Waals surface area contributed by atoms with Gasteiger partial charge in [-0.1, -0.05) is 0 Å². The molecule has 3 rings (SSSR count). The SMILES string of the molecule is CCNc1nc(Oc2ccc(C(=O)OCC)cc2)nc(N2CCOCC2)n1. The van der Waals surface area contributed by atoms with Gasteiger partial charge in [-0.25, -0.2) is 4.79 Å². The molecule has 0 radical (unpaired) electrons. The van der Waals surface area contributed by atoms with Crippen molar-refractivity contribution in [2.24, 2.45) is 0 Å². The fourth-order valence-corrected chi connectivity index (χ4v) is 2.51. The van der Waals surface area contributed by atoms with Crippen molar-refractivity contribution < 1.29 is 19.0 Å². The summed E-state index contributed by atoms with van der Waals surface area (Å²) in [5.41, 5.74) is 0.460. The van der Waals surface area contributed by atoms with Gasteiger partial charge in [0.05, 0.1) is 25.4 Å². The van der Waals surface area contributed by atoms with Gasteiger partial charge in [0.25, 0.3) is 0 Å². The molecule has 27 heavy (non-hydrogen) atoms. The maximum Gasteiger partial charge on any atom is 0.338 e. The minimum Gasteiger partial charge on any atom is -0.462 e. The lowest BCUT2D eigenvalue weighted by atomic mass is 10.2. The molecule has 2 heterocycles. The number of benzene rings is 1. The van der Waals surface area contributed by atoms with E-state index in [-0.39, 0.29) is 12.0 Å². The molecule has 9 heteroatoms. The quantitative estimate of drug-likeness (QED) is 0.732. The van der Waals surface area contributed by atoms with Gasteiger partial charge in [0.2, 0.25) is 11.9 Å². The molecule has 0 spiro atoms. The summed E-state index contributed by atoms with van der Waals surface area (Å²) in [5.74, 6) is 1.15. The zero-order chi connectivity index (χ0) is 19.1. The molecule has 2 aromatic rings. The van der Waals surface area contributed by atoms with Gasteiger partial charge in [0.1, 0.15) is 5.75 Å². The minimum absolute atomic E-state index is 0.186. The van der Waals surface area contributed by atoms with Crippen LogP contribution in [-0.2, 0) is 9.47 Å². The Bertz CT molecular complexity index is 763. The van der Waals surface area contributed by atoms with Crippen LogP contribution in [0.4, 0.5) is 11.9 Å². The molecule has 9 nitrogen and oxygen atoms in total. The number of morpholine rings is 1. The van der Waals surface area contributed by atoms with Crippen molar-refractivity contribution in [2.75, 3.05) is 49.7 Å². The molecular formula is C18H23N5O4. The molecule has 0 saturated carbocycles. The zero-order valence-electron chi connectivity index (χ0n) is 15.5. The molecular weight excluding hydrogens is 350 g/mol. The summed E-state index contributed by atoms with van der Waals surface area (Å²) >= 11 is 0. The molecule has 1 saturated heterocycles. The third-order valence-corrected chi connectivity index (χ3v) is 3.81. The summed E-state index contributed by atoms with van der Waals surface area (Å²) in [4.78, 5) is 26.9. The van der Waals surface area contributed by atoms with Gasteiger partial charge < -0.3 is 24.4 Å². The van der Waals surface area contributed by atoms with Crippen LogP contribution in [0.25, 0.3) is 0 Å².